The van der Waals surface area contributed by atoms with E-state index in [1.165, 1.54) is 0 Å². The number of carbonyl (C=O) groups excluding carboxylic acids is 3. The highest BCUT2D eigenvalue weighted by Crippen LogP contribution is 2.52. The summed E-state index contributed by atoms with van der Waals surface area (Å²) in [6.07, 6.45) is 6.63. The van der Waals surface area contributed by atoms with Crippen LogP contribution >= 0.6 is 0 Å². The molecule has 34 heavy (non-hydrogen) atoms. The molecule has 4 atom stereocenters. The lowest BCUT2D eigenvalue weighted by atomic mass is 9.85. The molecule has 7 heteroatoms. The number of hydrogen-bond acceptors (Lipinski definition) is 4. The van der Waals surface area contributed by atoms with Gasteiger partial charge in [0.05, 0.1) is 18.1 Å². The van der Waals surface area contributed by atoms with Gasteiger partial charge in [-0.15, -0.1) is 0 Å². The van der Waals surface area contributed by atoms with Crippen LogP contribution in [0, 0.1) is 30.6 Å². The number of anilines is 1. The molecule has 3 aromatic rings. The SMILES string of the molecule is Cc1c(C=NN2C(=O)[C@@H]3[C@H](C2=O)[C@H]2C=C[C@H]3C2)c2ccccc2n1CC(=O)Nc1ccccc1. The first-order valence-electron chi connectivity index (χ1n) is 11.6. The standard InChI is InChI=1S/C27H24N4O3/c1-16-21(14-28-31-26(33)24-17-11-12-18(13-17)25(24)27(31)34)20-9-5-6-10-22(20)30(16)15-23(32)29-19-7-3-2-4-8-19/h2-12,14,17-18,24-25H,13,15H2,1H3,(H,29,32)/t17-,18-,24-,25+/m0/s1. The second-order valence-corrected chi connectivity index (χ2v) is 9.25. The molecule has 6 rings (SSSR count). The third-order valence-corrected chi connectivity index (χ3v) is 7.39. The van der Waals surface area contributed by atoms with Crippen molar-refractivity contribution in [3.8, 4) is 0 Å². The first kappa shape index (κ1) is 20.6. The van der Waals surface area contributed by atoms with Crippen LogP contribution < -0.4 is 5.32 Å². The summed E-state index contributed by atoms with van der Waals surface area (Å²) < 4.78 is 1.93. The molecule has 170 valence electrons. The van der Waals surface area contributed by atoms with Gasteiger partial charge in [-0.25, -0.2) is 0 Å². The lowest BCUT2D eigenvalue weighted by Gasteiger charge is -2.13. The molecule has 3 amide bonds. The quantitative estimate of drug-likeness (QED) is 0.364. The van der Waals surface area contributed by atoms with E-state index in [1.54, 1.807) is 6.21 Å². The Morgan fingerprint density at radius 2 is 1.65 bits per heavy atom. The van der Waals surface area contributed by atoms with Crippen molar-refractivity contribution >= 4 is 40.5 Å². The van der Waals surface area contributed by atoms with Gasteiger partial charge in [0.25, 0.3) is 11.8 Å². The first-order valence-corrected chi connectivity index (χ1v) is 11.6. The normalized spacial score (nSPS) is 25.1. The zero-order chi connectivity index (χ0) is 23.4. The van der Waals surface area contributed by atoms with Gasteiger partial charge in [0.1, 0.15) is 6.54 Å². The average molecular weight is 453 g/mol. The highest BCUT2D eigenvalue weighted by atomic mass is 16.2. The third kappa shape index (κ3) is 3.11. The summed E-state index contributed by atoms with van der Waals surface area (Å²) in [6.45, 7) is 2.06. The fourth-order valence-electron chi connectivity index (χ4n) is 5.81. The second-order valence-electron chi connectivity index (χ2n) is 9.25. The number of nitrogens with one attached hydrogen (secondary N) is 1. The number of aromatic nitrogens is 1. The number of carbonyl (C=O) groups is 3. The van der Waals surface area contributed by atoms with Crippen molar-refractivity contribution in [3.05, 3.63) is 78.0 Å². The van der Waals surface area contributed by atoms with Gasteiger partial charge in [0.2, 0.25) is 5.91 Å². The van der Waals surface area contributed by atoms with Crippen LogP contribution in [-0.4, -0.2) is 33.5 Å². The Kier molecular flexibility index (Phi) is 4.72. The molecular formula is C27H24N4O3. The zero-order valence-electron chi connectivity index (χ0n) is 18.7. The molecule has 1 aromatic heterocycles. The van der Waals surface area contributed by atoms with E-state index in [0.29, 0.717) is 0 Å². The fourth-order valence-corrected chi connectivity index (χ4v) is 5.81. The van der Waals surface area contributed by atoms with Crippen molar-refractivity contribution in [1.82, 2.24) is 9.58 Å². The van der Waals surface area contributed by atoms with Crippen LogP contribution in [0.1, 0.15) is 17.7 Å². The van der Waals surface area contributed by atoms with Crippen LogP contribution in [0.15, 0.2) is 71.9 Å². The second kappa shape index (κ2) is 7.80. The minimum absolute atomic E-state index is 0.135. The Hall–Kier alpha value is -4.00. The van der Waals surface area contributed by atoms with Crippen LogP contribution in [0.2, 0.25) is 0 Å². The number of amides is 3. The molecule has 1 aliphatic heterocycles. The molecular weight excluding hydrogens is 428 g/mol. The lowest BCUT2D eigenvalue weighted by Crippen LogP contribution is -2.28. The summed E-state index contributed by atoms with van der Waals surface area (Å²) in [5, 5.41) is 9.27. The Labute approximate surface area is 196 Å². The summed E-state index contributed by atoms with van der Waals surface area (Å²) in [5.41, 5.74) is 3.27. The summed E-state index contributed by atoms with van der Waals surface area (Å²) in [4.78, 5) is 38.7. The highest BCUT2D eigenvalue weighted by Gasteiger charge is 2.59. The number of hydrogen-bond donors (Lipinski definition) is 1. The van der Waals surface area contributed by atoms with E-state index < -0.39 is 0 Å². The van der Waals surface area contributed by atoms with Crippen molar-refractivity contribution in [2.75, 3.05) is 5.32 Å². The molecule has 0 unspecified atom stereocenters. The zero-order valence-corrected chi connectivity index (χ0v) is 18.7. The van der Waals surface area contributed by atoms with Gasteiger partial charge >= 0.3 is 0 Å². The number of nitrogens with zero attached hydrogens (tertiary/aromatic N) is 3. The molecule has 2 bridgehead atoms. The summed E-state index contributed by atoms with van der Waals surface area (Å²) >= 11 is 0. The van der Waals surface area contributed by atoms with Gasteiger partial charge in [-0.2, -0.15) is 10.1 Å². The van der Waals surface area contributed by atoms with Crippen LogP contribution in [-0.2, 0) is 20.9 Å². The number of hydrazone groups is 1. The maximum atomic E-state index is 13.0. The largest absolute Gasteiger partial charge is 0.335 e. The van der Waals surface area contributed by atoms with Crippen molar-refractivity contribution in [2.45, 2.75) is 19.9 Å². The van der Waals surface area contributed by atoms with Crippen LogP contribution in [0.4, 0.5) is 5.69 Å². The predicted molar refractivity (Wildman–Crippen MR) is 129 cm³/mol. The van der Waals surface area contributed by atoms with E-state index >= 15 is 0 Å². The molecule has 2 heterocycles. The molecule has 7 nitrogen and oxygen atoms in total. The number of rotatable bonds is 5. The number of fused-ring (bicyclic) bond motifs is 6. The van der Waals surface area contributed by atoms with Crippen LogP contribution in [0.3, 0.4) is 0 Å². The average Bonchev–Trinajstić information content (AvgIpc) is 3.58. The van der Waals surface area contributed by atoms with E-state index in [2.05, 4.69) is 22.6 Å². The molecule has 2 fully saturated rings. The minimum Gasteiger partial charge on any atom is -0.335 e. The third-order valence-electron chi connectivity index (χ3n) is 7.39. The predicted octanol–water partition coefficient (Wildman–Crippen LogP) is 3.73. The van der Waals surface area contributed by atoms with Crippen molar-refractivity contribution in [2.24, 2.45) is 28.8 Å². The Bertz CT molecular complexity index is 1360. The molecule has 1 saturated carbocycles. The van der Waals surface area contributed by atoms with Crippen molar-refractivity contribution in [1.29, 1.82) is 0 Å². The van der Waals surface area contributed by atoms with Gasteiger partial charge in [-0.1, -0.05) is 48.6 Å². The number of allylic oxidation sites excluding steroid dienone is 2. The first-order chi connectivity index (χ1) is 16.5. The molecule has 3 aliphatic rings. The molecule has 2 aliphatic carbocycles. The monoisotopic (exact) mass is 452 g/mol. The van der Waals surface area contributed by atoms with Crippen LogP contribution in [0.25, 0.3) is 10.9 Å². The van der Waals surface area contributed by atoms with E-state index in [-0.39, 0.29) is 47.9 Å². The van der Waals surface area contributed by atoms with Crippen LogP contribution in [0.5, 0.6) is 0 Å². The Morgan fingerprint density at radius 1 is 1.00 bits per heavy atom. The van der Waals surface area contributed by atoms with Gasteiger partial charge in [-0.3, -0.25) is 14.4 Å². The fraction of sp³-hybridized carbons (Fsp3) is 0.259. The maximum absolute atomic E-state index is 13.0. The summed E-state index contributed by atoms with van der Waals surface area (Å²) in [7, 11) is 0. The Morgan fingerprint density at radius 3 is 2.35 bits per heavy atom. The van der Waals surface area contributed by atoms with E-state index in [4.69, 9.17) is 0 Å². The van der Waals surface area contributed by atoms with E-state index in [1.807, 2.05) is 66.1 Å². The summed E-state index contributed by atoms with van der Waals surface area (Å²) in [6, 6.07) is 17.1. The van der Waals surface area contributed by atoms with E-state index in [9.17, 15) is 14.4 Å². The number of benzene rings is 2. The van der Waals surface area contributed by atoms with Gasteiger partial charge < -0.3 is 9.88 Å². The smallest absolute Gasteiger partial charge is 0.254 e. The molecule has 1 saturated heterocycles. The summed E-state index contributed by atoms with van der Waals surface area (Å²) in [5.74, 6) is -0.790. The highest BCUT2D eigenvalue weighted by molar-refractivity contribution is 6.08. The molecule has 2 aromatic carbocycles. The molecule has 0 radical (unpaired) electrons. The topological polar surface area (TPSA) is 83.8 Å². The molecule has 0 spiro atoms. The van der Waals surface area contributed by atoms with Crippen molar-refractivity contribution < 1.29 is 14.4 Å². The van der Waals surface area contributed by atoms with Crippen molar-refractivity contribution in [3.63, 3.8) is 0 Å². The number of imide groups is 1. The van der Waals surface area contributed by atoms with Gasteiger partial charge in [0.15, 0.2) is 0 Å². The minimum atomic E-state index is -0.274. The van der Waals surface area contributed by atoms with E-state index in [0.717, 1.165) is 39.3 Å². The Balaban J connectivity index is 1.29. The van der Waals surface area contributed by atoms with Gasteiger partial charge in [-0.05, 0) is 43.4 Å². The maximum Gasteiger partial charge on any atom is 0.254 e. The molecule has 1 N–H and O–H groups in total. The lowest BCUT2D eigenvalue weighted by molar-refractivity contribution is -0.140. The number of para-hydroxylation sites is 2. The van der Waals surface area contributed by atoms with Gasteiger partial charge in [0, 0.05) is 27.8 Å².